The van der Waals surface area contributed by atoms with Crippen LogP contribution in [0.5, 0.6) is 6.01 Å². The maximum absolute atomic E-state index is 12.4. The Morgan fingerprint density at radius 3 is 2.76 bits per heavy atom. The average molecular weight is 408 g/mol. The highest BCUT2D eigenvalue weighted by atomic mass is 19.4. The number of rotatable bonds is 4. The number of halogens is 3. The van der Waals surface area contributed by atoms with Gasteiger partial charge >= 0.3 is 6.18 Å². The maximum Gasteiger partial charge on any atom is 0.422 e. The highest BCUT2D eigenvalue weighted by Crippen LogP contribution is 2.27. The molecule has 4 heterocycles. The summed E-state index contributed by atoms with van der Waals surface area (Å²) in [7, 11) is 2.08. The molecule has 1 fully saturated rings. The Morgan fingerprint density at radius 2 is 2.03 bits per heavy atom. The van der Waals surface area contributed by atoms with Crippen LogP contribution in [0.15, 0.2) is 29.6 Å². The minimum absolute atomic E-state index is 0.141. The summed E-state index contributed by atoms with van der Waals surface area (Å²) in [6.07, 6.45) is 2.42. The predicted octanol–water partition coefficient (Wildman–Crippen LogP) is 2.39. The van der Waals surface area contributed by atoms with E-state index < -0.39 is 24.4 Å². The summed E-state index contributed by atoms with van der Waals surface area (Å²) >= 11 is 0. The van der Waals surface area contributed by atoms with Crippen LogP contribution in [0.2, 0.25) is 0 Å². The predicted molar refractivity (Wildman–Crippen MR) is 98.7 cm³/mol. The summed E-state index contributed by atoms with van der Waals surface area (Å²) in [5.74, 6) is 0. The molecule has 4 rings (SSSR count). The molecule has 0 radical (unpaired) electrons. The lowest BCUT2D eigenvalue weighted by Gasteiger charge is -2.29. The second-order valence-corrected chi connectivity index (χ2v) is 7.07. The quantitative estimate of drug-likeness (QED) is 0.713. The molecule has 8 nitrogen and oxygen atoms in total. The fourth-order valence-corrected chi connectivity index (χ4v) is 3.40. The van der Waals surface area contributed by atoms with Crippen LogP contribution >= 0.6 is 0 Å². The van der Waals surface area contributed by atoms with E-state index in [1.54, 1.807) is 6.33 Å². The molecule has 154 valence electrons. The molecule has 1 N–H and O–H groups in total. The van der Waals surface area contributed by atoms with E-state index in [1.807, 2.05) is 10.8 Å². The third kappa shape index (κ3) is 4.24. The van der Waals surface area contributed by atoms with E-state index in [1.165, 1.54) is 12.3 Å². The summed E-state index contributed by atoms with van der Waals surface area (Å²) < 4.78 is 43.9. The molecule has 3 aromatic heterocycles. The zero-order valence-electron chi connectivity index (χ0n) is 15.6. The number of piperidine rings is 1. The van der Waals surface area contributed by atoms with Gasteiger partial charge in [-0.25, -0.2) is 4.98 Å². The van der Waals surface area contributed by atoms with Crippen LogP contribution in [-0.2, 0) is 0 Å². The van der Waals surface area contributed by atoms with Crippen LogP contribution in [-0.4, -0.2) is 62.3 Å². The van der Waals surface area contributed by atoms with Crippen LogP contribution in [0.1, 0.15) is 18.9 Å². The fraction of sp³-hybridized carbons (Fsp3) is 0.444. The summed E-state index contributed by atoms with van der Waals surface area (Å²) in [6.45, 7) is 0.421. The molecule has 0 aromatic carbocycles. The van der Waals surface area contributed by atoms with Gasteiger partial charge in [0.05, 0.1) is 11.7 Å². The van der Waals surface area contributed by atoms with E-state index in [9.17, 15) is 18.0 Å². The van der Waals surface area contributed by atoms with Crippen molar-refractivity contribution in [3.63, 3.8) is 0 Å². The molecule has 3 aromatic rings. The van der Waals surface area contributed by atoms with Gasteiger partial charge in [-0.3, -0.25) is 14.8 Å². The van der Waals surface area contributed by atoms with Crippen molar-refractivity contribution < 1.29 is 17.9 Å². The average Bonchev–Trinajstić information content (AvgIpc) is 3.16. The Balaban J connectivity index is 1.68. The highest BCUT2D eigenvalue weighted by Gasteiger charge is 2.29. The van der Waals surface area contributed by atoms with Crippen LogP contribution in [0.25, 0.3) is 22.3 Å². The molecule has 1 aliphatic rings. The van der Waals surface area contributed by atoms with Gasteiger partial charge in [0.15, 0.2) is 6.61 Å². The Bertz CT molecular complexity index is 1070. The first-order valence-corrected chi connectivity index (χ1v) is 9.11. The molecule has 0 atom stereocenters. The number of nitrogens with zero attached hydrogens (tertiary/aromatic N) is 5. The highest BCUT2D eigenvalue weighted by molar-refractivity contribution is 5.89. The summed E-state index contributed by atoms with van der Waals surface area (Å²) in [5.41, 5.74) is 0.346. The Morgan fingerprint density at radius 1 is 1.28 bits per heavy atom. The number of aromatic nitrogens is 5. The van der Waals surface area contributed by atoms with E-state index in [-0.39, 0.29) is 10.9 Å². The number of aromatic amines is 1. The van der Waals surface area contributed by atoms with Crippen molar-refractivity contribution in [1.82, 2.24) is 29.4 Å². The first kappa shape index (κ1) is 19.4. The van der Waals surface area contributed by atoms with Gasteiger partial charge in [-0.2, -0.15) is 18.2 Å². The topological polar surface area (TPSA) is 88.9 Å². The molecular formula is C18H19F3N6O2. The standard InChI is InChI=1S/C18H19F3N6O2/c1-26-6-3-11(4-7-26)27-8-13(23-10-27)15-14-12(2-5-22-15)16(28)25-17(24-14)29-9-18(19,20)21/h2,5,8,10-11H,3-4,6-7,9H2,1H3,(H,24,25,28). The molecule has 0 amide bonds. The normalized spacial score (nSPS) is 16.4. The summed E-state index contributed by atoms with van der Waals surface area (Å²) in [5, 5.41) is 0.197. The molecule has 0 bridgehead atoms. The first-order valence-electron chi connectivity index (χ1n) is 9.11. The van der Waals surface area contributed by atoms with Gasteiger partial charge in [0.25, 0.3) is 11.6 Å². The number of nitrogens with one attached hydrogen (secondary N) is 1. The summed E-state index contributed by atoms with van der Waals surface area (Å²) in [6, 6.07) is 1.25. The third-order valence-electron chi connectivity index (χ3n) is 4.93. The van der Waals surface area contributed by atoms with E-state index in [0.29, 0.717) is 17.4 Å². The first-order chi connectivity index (χ1) is 13.8. The van der Waals surface area contributed by atoms with Gasteiger partial charge < -0.3 is 14.2 Å². The Labute approximate surface area is 163 Å². The second kappa shape index (κ2) is 7.47. The molecule has 0 aliphatic carbocycles. The minimum Gasteiger partial charge on any atom is -0.455 e. The van der Waals surface area contributed by atoms with Crippen LogP contribution < -0.4 is 10.3 Å². The third-order valence-corrected chi connectivity index (χ3v) is 4.93. The lowest BCUT2D eigenvalue weighted by Crippen LogP contribution is -2.31. The van der Waals surface area contributed by atoms with E-state index >= 15 is 0 Å². The van der Waals surface area contributed by atoms with E-state index in [2.05, 4.69) is 36.6 Å². The Kier molecular flexibility index (Phi) is 4.99. The number of hydrogen-bond acceptors (Lipinski definition) is 6. The zero-order chi connectivity index (χ0) is 20.6. The molecule has 11 heteroatoms. The number of fused-ring (bicyclic) bond motifs is 1. The minimum atomic E-state index is -4.54. The zero-order valence-corrected chi connectivity index (χ0v) is 15.6. The van der Waals surface area contributed by atoms with Gasteiger partial charge in [0.2, 0.25) is 0 Å². The number of H-pyrrole nitrogens is 1. The maximum atomic E-state index is 12.4. The van der Waals surface area contributed by atoms with Crippen LogP contribution in [0.4, 0.5) is 13.2 Å². The van der Waals surface area contributed by atoms with Crippen LogP contribution in [0, 0.1) is 0 Å². The van der Waals surface area contributed by atoms with Crippen molar-refractivity contribution in [2.45, 2.75) is 25.1 Å². The summed E-state index contributed by atoms with van der Waals surface area (Å²) in [4.78, 5) is 29.5. The second-order valence-electron chi connectivity index (χ2n) is 7.07. The number of likely N-dealkylation sites (tertiary alicyclic amines) is 1. The SMILES string of the molecule is CN1CCC(n2cnc(-c3nccc4c(=O)[nH]c(OCC(F)(F)F)nc34)c2)CC1. The Hall–Kier alpha value is -2.95. The van der Waals surface area contributed by atoms with Gasteiger partial charge in [0, 0.05) is 18.4 Å². The largest absolute Gasteiger partial charge is 0.455 e. The van der Waals surface area contributed by atoms with Gasteiger partial charge in [0.1, 0.15) is 16.9 Å². The lowest BCUT2D eigenvalue weighted by molar-refractivity contribution is -0.154. The van der Waals surface area contributed by atoms with Crippen LogP contribution in [0.3, 0.4) is 0 Å². The monoisotopic (exact) mass is 408 g/mol. The lowest BCUT2D eigenvalue weighted by atomic mass is 10.1. The van der Waals surface area contributed by atoms with Gasteiger partial charge in [-0.05, 0) is 39.0 Å². The number of alkyl halides is 3. The molecular weight excluding hydrogens is 389 g/mol. The van der Waals surface area contributed by atoms with Crippen molar-refractivity contribution in [2.24, 2.45) is 0 Å². The molecule has 0 spiro atoms. The molecule has 1 saturated heterocycles. The van der Waals surface area contributed by atoms with Crippen molar-refractivity contribution >= 4 is 10.9 Å². The molecule has 1 aliphatic heterocycles. The van der Waals surface area contributed by atoms with Gasteiger partial charge in [-0.1, -0.05) is 0 Å². The van der Waals surface area contributed by atoms with Crippen molar-refractivity contribution in [3.8, 4) is 17.4 Å². The fourth-order valence-electron chi connectivity index (χ4n) is 3.40. The number of imidazole rings is 1. The molecule has 29 heavy (non-hydrogen) atoms. The van der Waals surface area contributed by atoms with Gasteiger partial charge in [-0.15, -0.1) is 0 Å². The van der Waals surface area contributed by atoms with E-state index in [4.69, 9.17) is 0 Å². The van der Waals surface area contributed by atoms with E-state index in [0.717, 1.165) is 25.9 Å². The number of ether oxygens (including phenoxy) is 1. The van der Waals surface area contributed by atoms with Crippen molar-refractivity contribution in [1.29, 1.82) is 0 Å². The number of hydrogen-bond donors (Lipinski definition) is 1. The smallest absolute Gasteiger partial charge is 0.422 e. The van der Waals surface area contributed by atoms with Crippen molar-refractivity contribution in [3.05, 3.63) is 35.1 Å². The molecule has 0 saturated carbocycles. The molecule has 0 unspecified atom stereocenters. The number of pyridine rings is 1. The van der Waals surface area contributed by atoms with Crippen molar-refractivity contribution in [2.75, 3.05) is 26.7 Å².